The lowest BCUT2D eigenvalue weighted by atomic mass is 9.74. The Bertz CT molecular complexity index is 799. The lowest BCUT2D eigenvalue weighted by Gasteiger charge is -2.31. The zero-order valence-electron chi connectivity index (χ0n) is 15.8. The normalized spacial score (nSPS) is 23.1. The number of benzene rings is 1. The maximum atomic E-state index is 13.1. The van der Waals surface area contributed by atoms with Gasteiger partial charge in [0, 0.05) is 11.8 Å². The van der Waals surface area contributed by atoms with Crippen LogP contribution >= 0.6 is 0 Å². The summed E-state index contributed by atoms with van der Waals surface area (Å²) >= 11 is 0. The Labute approximate surface area is 163 Å². The van der Waals surface area contributed by atoms with Crippen molar-refractivity contribution in [3.63, 3.8) is 0 Å². The van der Waals surface area contributed by atoms with Gasteiger partial charge in [-0.05, 0) is 31.5 Å². The molecule has 1 N–H and O–H groups in total. The summed E-state index contributed by atoms with van der Waals surface area (Å²) in [4.78, 5) is 38.4. The Kier molecular flexibility index (Phi) is 5.94. The maximum absolute atomic E-state index is 13.1. The van der Waals surface area contributed by atoms with Gasteiger partial charge in [0.1, 0.15) is 12.0 Å². The van der Waals surface area contributed by atoms with Crippen molar-refractivity contribution >= 4 is 18.2 Å². The Morgan fingerprint density at radius 1 is 1.07 bits per heavy atom. The number of ether oxygens (including phenoxy) is 2. The number of rotatable bonds is 7. The Morgan fingerprint density at radius 2 is 1.71 bits per heavy atom. The second kappa shape index (κ2) is 8.39. The molecular weight excluding hydrogens is 362 g/mol. The van der Waals surface area contributed by atoms with Crippen LogP contribution in [0.15, 0.2) is 53.1 Å². The van der Waals surface area contributed by atoms with Gasteiger partial charge in [0.15, 0.2) is 0 Å². The molecule has 1 aliphatic rings. The number of aldehydes is 1. The Morgan fingerprint density at radius 3 is 2.21 bits per heavy atom. The van der Waals surface area contributed by atoms with Gasteiger partial charge in [-0.2, -0.15) is 0 Å². The average Bonchev–Trinajstić information content (AvgIpc) is 3.35. The molecule has 3 atom stereocenters. The Balaban J connectivity index is 2.21. The number of furan rings is 1. The molecule has 0 spiro atoms. The van der Waals surface area contributed by atoms with E-state index < -0.39 is 35.4 Å². The first kappa shape index (κ1) is 19.8. The van der Waals surface area contributed by atoms with Crippen LogP contribution in [0.3, 0.4) is 0 Å². The van der Waals surface area contributed by atoms with Crippen molar-refractivity contribution in [3.05, 3.63) is 60.1 Å². The van der Waals surface area contributed by atoms with Crippen molar-refractivity contribution in [1.82, 2.24) is 5.32 Å². The highest BCUT2D eigenvalue weighted by atomic mass is 16.6. The lowest BCUT2D eigenvalue weighted by Crippen LogP contribution is -2.59. The molecule has 7 heteroatoms. The fourth-order valence-electron chi connectivity index (χ4n) is 3.88. The predicted octanol–water partition coefficient (Wildman–Crippen LogP) is 2.39. The SMILES string of the molecule is CCOC(=O)C1(C(=O)OCC)N[C@H](c2ccco2)[C@H](C=O)[C@H]1c1ccccc1. The smallest absolute Gasteiger partial charge is 0.338 e. The molecule has 28 heavy (non-hydrogen) atoms. The molecule has 1 saturated heterocycles. The van der Waals surface area contributed by atoms with Crippen LogP contribution in [-0.2, 0) is 23.9 Å². The standard InChI is InChI=1S/C21H23NO6/c1-3-26-19(24)21(20(25)27-4-2)17(14-9-6-5-7-10-14)15(13-23)18(22-21)16-11-8-12-28-16/h5-13,15,17-18,22H,3-4H2,1-2H3/t15-,17-,18+/m1/s1. The predicted molar refractivity (Wildman–Crippen MR) is 99.3 cm³/mol. The Hall–Kier alpha value is -2.93. The summed E-state index contributed by atoms with van der Waals surface area (Å²) in [5.74, 6) is -2.67. The number of hydrogen-bond donors (Lipinski definition) is 1. The van der Waals surface area contributed by atoms with Crippen molar-refractivity contribution in [2.45, 2.75) is 31.3 Å². The van der Waals surface area contributed by atoms with Crippen molar-refractivity contribution in [3.8, 4) is 0 Å². The van der Waals surface area contributed by atoms with E-state index in [1.165, 1.54) is 6.26 Å². The van der Waals surface area contributed by atoms with E-state index in [0.29, 0.717) is 11.3 Å². The molecule has 1 aliphatic heterocycles. The lowest BCUT2D eigenvalue weighted by molar-refractivity contribution is -0.166. The molecule has 1 aromatic carbocycles. The van der Waals surface area contributed by atoms with E-state index in [9.17, 15) is 14.4 Å². The fourth-order valence-corrected chi connectivity index (χ4v) is 3.88. The van der Waals surface area contributed by atoms with Gasteiger partial charge in [0.2, 0.25) is 5.54 Å². The molecule has 0 aliphatic carbocycles. The molecule has 148 valence electrons. The summed E-state index contributed by atoms with van der Waals surface area (Å²) in [6.07, 6.45) is 2.23. The van der Waals surface area contributed by atoms with Gasteiger partial charge in [-0.3, -0.25) is 5.32 Å². The van der Waals surface area contributed by atoms with E-state index in [4.69, 9.17) is 13.9 Å². The van der Waals surface area contributed by atoms with E-state index >= 15 is 0 Å². The molecule has 0 saturated carbocycles. The first-order valence-corrected chi connectivity index (χ1v) is 9.25. The highest BCUT2D eigenvalue weighted by molar-refractivity contribution is 6.07. The summed E-state index contributed by atoms with van der Waals surface area (Å²) in [6.45, 7) is 3.48. The van der Waals surface area contributed by atoms with Gasteiger partial charge in [-0.25, -0.2) is 9.59 Å². The monoisotopic (exact) mass is 385 g/mol. The minimum atomic E-state index is -1.86. The zero-order chi connectivity index (χ0) is 20.1. The van der Waals surface area contributed by atoms with Crippen molar-refractivity contribution in [1.29, 1.82) is 0 Å². The maximum Gasteiger partial charge on any atom is 0.338 e. The summed E-state index contributed by atoms with van der Waals surface area (Å²) in [5, 5.41) is 3.05. The molecule has 0 radical (unpaired) electrons. The summed E-state index contributed by atoms with van der Waals surface area (Å²) in [6, 6.07) is 11.7. The van der Waals surface area contributed by atoms with E-state index in [1.54, 1.807) is 50.2 Å². The third kappa shape index (κ3) is 3.22. The van der Waals surface area contributed by atoms with Gasteiger partial charge in [0.05, 0.1) is 25.5 Å². The molecule has 1 aromatic heterocycles. The van der Waals surface area contributed by atoms with Crippen molar-refractivity contribution in [2.24, 2.45) is 5.92 Å². The summed E-state index contributed by atoms with van der Waals surface area (Å²) in [5.41, 5.74) is -1.21. The van der Waals surface area contributed by atoms with E-state index in [2.05, 4.69) is 5.32 Å². The highest BCUT2D eigenvalue weighted by Gasteiger charge is 2.65. The van der Waals surface area contributed by atoms with Crippen LogP contribution in [0.4, 0.5) is 0 Å². The molecule has 3 rings (SSSR count). The van der Waals surface area contributed by atoms with Crippen LogP contribution in [0.25, 0.3) is 0 Å². The number of carbonyl (C=O) groups excluding carboxylic acids is 3. The molecule has 0 amide bonds. The van der Waals surface area contributed by atoms with E-state index in [1.807, 2.05) is 6.07 Å². The highest BCUT2D eigenvalue weighted by Crippen LogP contribution is 2.49. The summed E-state index contributed by atoms with van der Waals surface area (Å²) < 4.78 is 16.0. The number of carbonyl (C=O) groups is 3. The summed E-state index contributed by atoms with van der Waals surface area (Å²) in [7, 11) is 0. The molecule has 0 unspecified atom stereocenters. The molecule has 0 bridgehead atoms. The zero-order valence-corrected chi connectivity index (χ0v) is 15.8. The quantitative estimate of drug-likeness (QED) is 0.444. The first-order valence-electron chi connectivity index (χ1n) is 9.25. The van der Waals surface area contributed by atoms with Crippen LogP contribution in [0.2, 0.25) is 0 Å². The van der Waals surface area contributed by atoms with Gasteiger partial charge in [-0.15, -0.1) is 0 Å². The number of hydrogen-bond acceptors (Lipinski definition) is 7. The minimum absolute atomic E-state index is 0.0837. The third-order valence-electron chi connectivity index (χ3n) is 4.98. The average molecular weight is 385 g/mol. The van der Waals surface area contributed by atoms with E-state index in [0.717, 1.165) is 6.29 Å². The molecule has 2 aromatic rings. The van der Waals surface area contributed by atoms with Gasteiger partial charge in [-0.1, -0.05) is 30.3 Å². The van der Waals surface area contributed by atoms with Crippen molar-refractivity contribution in [2.75, 3.05) is 13.2 Å². The van der Waals surface area contributed by atoms with Crippen LogP contribution in [0, 0.1) is 5.92 Å². The van der Waals surface area contributed by atoms with Crippen LogP contribution in [-0.4, -0.2) is 37.0 Å². The van der Waals surface area contributed by atoms with E-state index in [-0.39, 0.29) is 13.2 Å². The molecule has 2 heterocycles. The third-order valence-corrected chi connectivity index (χ3v) is 4.98. The van der Waals surface area contributed by atoms with Crippen LogP contribution in [0.5, 0.6) is 0 Å². The van der Waals surface area contributed by atoms with Crippen LogP contribution in [0.1, 0.15) is 37.1 Å². The largest absolute Gasteiger partial charge is 0.468 e. The van der Waals surface area contributed by atoms with Gasteiger partial charge < -0.3 is 18.7 Å². The van der Waals surface area contributed by atoms with Crippen molar-refractivity contribution < 1.29 is 28.3 Å². The van der Waals surface area contributed by atoms with Gasteiger partial charge in [0.25, 0.3) is 0 Å². The second-order valence-corrected chi connectivity index (χ2v) is 6.49. The second-order valence-electron chi connectivity index (χ2n) is 6.49. The molecule has 7 nitrogen and oxygen atoms in total. The number of esters is 2. The fraction of sp³-hybridized carbons (Fsp3) is 0.381. The molecule has 1 fully saturated rings. The first-order chi connectivity index (χ1) is 13.6. The molecular formula is C21H23NO6. The topological polar surface area (TPSA) is 94.8 Å². The van der Waals surface area contributed by atoms with Crippen LogP contribution < -0.4 is 5.32 Å². The number of nitrogens with one attached hydrogen (secondary N) is 1. The minimum Gasteiger partial charge on any atom is -0.468 e. The van der Waals surface area contributed by atoms with Gasteiger partial charge >= 0.3 is 11.9 Å².